The summed E-state index contributed by atoms with van der Waals surface area (Å²) in [5.41, 5.74) is 0. The van der Waals surface area contributed by atoms with Crippen molar-refractivity contribution in [1.29, 1.82) is 0 Å². The molecule has 0 saturated heterocycles. The van der Waals surface area contributed by atoms with E-state index in [0.29, 0.717) is 0 Å². The van der Waals surface area contributed by atoms with Crippen LogP contribution in [0.25, 0.3) is 0 Å². The molecule has 2 radical (unpaired) electrons. The molecular weight excluding hydrogens is 235 g/mol. The summed E-state index contributed by atoms with van der Waals surface area (Å²) in [6.07, 6.45) is 0. The number of hydrogen-bond acceptors (Lipinski definition) is 1. The number of rotatable bonds is 2. The van der Waals surface area contributed by atoms with E-state index < -0.39 is 0 Å². The van der Waals surface area contributed by atoms with Crippen LogP contribution in [0.2, 0.25) is 0 Å². The molecule has 0 amide bonds. The second-order valence-electron chi connectivity index (χ2n) is 1.62. The Labute approximate surface area is 73.1 Å². The van der Waals surface area contributed by atoms with Crippen molar-refractivity contribution in [3.05, 3.63) is 30.3 Å². The zero-order valence-electron chi connectivity index (χ0n) is 5.08. The van der Waals surface area contributed by atoms with Gasteiger partial charge in [0.05, 0.1) is 0 Å². The van der Waals surface area contributed by atoms with Gasteiger partial charge in [-0.05, 0) is 0 Å². The minimum absolute atomic E-state index is 1.29. The molecule has 1 rings (SSSR count). The van der Waals surface area contributed by atoms with Gasteiger partial charge in [-0.25, -0.2) is 0 Å². The van der Waals surface area contributed by atoms with E-state index in [1.807, 2.05) is 11.8 Å². The van der Waals surface area contributed by atoms with E-state index in [2.05, 4.69) is 30.3 Å². The molecule has 9 heavy (non-hydrogen) atoms. The van der Waals surface area contributed by atoms with Gasteiger partial charge in [-0.3, -0.25) is 0 Å². The third-order valence-electron chi connectivity index (χ3n) is 0.993. The molecule has 0 bridgehead atoms. The molecule has 0 atom stereocenters. The quantitative estimate of drug-likeness (QED) is 0.562. The van der Waals surface area contributed by atoms with Gasteiger partial charge >= 0.3 is 73.3 Å². The summed E-state index contributed by atoms with van der Waals surface area (Å²) in [6, 6.07) is 10.5. The summed E-state index contributed by atoms with van der Waals surface area (Å²) in [4.78, 5) is 1.39. The Bertz CT molecular complexity index is 162. The third-order valence-corrected chi connectivity index (χ3v) is 3.19. The standard InChI is InChI=1S/C7H7S.Sn.H/c1-8-7-5-3-2-4-6-7;;/h2-6H,1H2;;. The molecule has 0 saturated carbocycles. The first kappa shape index (κ1) is 7.48. The van der Waals surface area contributed by atoms with Crippen molar-refractivity contribution in [2.24, 2.45) is 0 Å². The van der Waals surface area contributed by atoms with Crippen LogP contribution >= 0.6 is 11.8 Å². The molecule has 0 aliphatic rings. The van der Waals surface area contributed by atoms with Crippen molar-refractivity contribution >= 4 is 34.3 Å². The molecule has 0 nitrogen and oxygen atoms in total. The predicted molar refractivity (Wildman–Crippen MR) is 44.3 cm³/mol. The van der Waals surface area contributed by atoms with E-state index in [-0.39, 0.29) is 0 Å². The summed E-state index contributed by atoms with van der Waals surface area (Å²) >= 11 is 3.28. The SMILES string of the molecule is [SnH][CH2]Sc1ccccc1. The van der Waals surface area contributed by atoms with Crippen molar-refractivity contribution in [3.63, 3.8) is 0 Å². The van der Waals surface area contributed by atoms with Gasteiger partial charge in [0.25, 0.3) is 0 Å². The van der Waals surface area contributed by atoms with Crippen LogP contribution < -0.4 is 0 Å². The first-order valence-corrected chi connectivity index (χ1v) is 6.13. The average molecular weight is 243 g/mol. The second-order valence-corrected chi connectivity index (χ2v) is 5.57. The van der Waals surface area contributed by atoms with Crippen molar-refractivity contribution in [2.45, 2.75) is 4.90 Å². The molecule has 1 aromatic rings. The molecule has 0 aliphatic heterocycles. The topological polar surface area (TPSA) is 0 Å². The van der Waals surface area contributed by atoms with Gasteiger partial charge < -0.3 is 0 Å². The van der Waals surface area contributed by atoms with Gasteiger partial charge in [0.15, 0.2) is 0 Å². The molecule has 0 aliphatic carbocycles. The van der Waals surface area contributed by atoms with Crippen LogP contribution in [-0.4, -0.2) is 26.3 Å². The first-order valence-electron chi connectivity index (χ1n) is 2.81. The average Bonchev–Trinajstić information content (AvgIpc) is 1.91. The Kier molecular flexibility index (Phi) is 3.51. The summed E-state index contributed by atoms with van der Waals surface area (Å²) in [6.45, 7) is 0. The molecule has 0 unspecified atom stereocenters. The van der Waals surface area contributed by atoms with Gasteiger partial charge in [0.1, 0.15) is 0 Å². The van der Waals surface area contributed by atoms with E-state index >= 15 is 0 Å². The van der Waals surface area contributed by atoms with Crippen LogP contribution in [0.5, 0.6) is 0 Å². The molecule has 46 valence electrons. The monoisotopic (exact) mass is 244 g/mol. The maximum atomic E-state index is 2.15. The minimum atomic E-state index is 1.29. The molecule has 0 aromatic heterocycles. The second kappa shape index (κ2) is 4.23. The van der Waals surface area contributed by atoms with Crippen LogP contribution in [0.1, 0.15) is 0 Å². The van der Waals surface area contributed by atoms with E-state index in [1.54, 1.807) is 0 Å². The van der Waals surface area contributed by atoms with Gasteiger partial charge in [0, 0.05) is 0 Å². The summed E-state index contributed by atoms with van der Waals surface area (Å²) in [7, 11) is 0. The van der Waals surface area contributed by atoms with Crippen LogP contribution in [-0.2, 0) is 0 Å². The fourth-order valence-corrected chi connectivity index (χ4v) is 2.80. The molecule has 2 heteroatoms. The molecule has 0 spiro atoms. The Morgan fingerprint density at radius 1 is 1.22 bits per heavy atom. The zero-order valence-corrected chi connectivity index (χ0v) is 9.19. The fraction of sp³-hybridized carbons (Fsp3) is 0.143. The Hall–Kier alpha value is 0.369. The van der Waals surface area contributed by atoms with Gasteiger partial charge in [-0.2, -0.15) is 0 Å². The van der Waals surface area contributed by atoms with E-state index in [9.17, 15) is 0 Å². The molecule has 0 N–H and O–H groups in total. The van der Waals surface area contributed by atoms with Crippen molar-refractivity contribution in [2.75, 3.05) is 3.77 Å². The van der Waals surface area contributed by atoms with Crippen LogP contribution in [0.3, 0.4) is 0 Å². The summed E-state index contributed by atoms with van der Waals surface area (Å²) in [5, 5.41) is 0. The van der Waals surface area contributed by atoms with Crippen LogP contribution in [0.4, 0.5) is 0 Å². The van der Waals surface area contributed by atoms with Crippen LogP contribution in [0.15, 0.2) is 35.2 Å². The van der Waals surface area contributed by atoms with Gasteiger partial charge in [0.2, 0.25) is 0 Å². The van der Waals surface area contributed by atoms with Crippen molar-refractivity contribution in [1.82, 2.24) is 0 Å². The first-order chi connectivity index (χ1) is 4.43. The maximum absolute atomic E-state index is 2.15. The Morgan fingerprint density at radius 3 is 2.44 bits per heavy atom. The van der Waals surface area contributed by atoms with Crippen molar-refractivity contribution < 1.29 is 0 Å². The van der Waals surface area contributed by atoms with E-state index in [1.165, 1.54) is 31.2 Å². The number of hydrogen-bond donors (Lipinski definition) is 0. The molecule has 0 heterocycles. The van der Waals surface area contributed by atoms with Crippen LogP contribution in [0, 0.1) is 0 Å². The molecule has 0 fully saturated rings. The third kappa shape index (κ3) is 2.63. The van der Waals surface area contributed by atoms with E-state index in [4.69, 9.17) is 0 Å². The van der Waals surface area contributed by atoms with Gasteiger partial charge in [-0.15, -0.1) is 0 Å². The Balaban J connectivity index is 2.61. The summed E-state index contributed by atoms with van der Waals surface area (Å²) in [5.74, 6) is 0. The molecular formula is C7H8SSn. The normalized spacial score (nSPS) is 9.44. The summed E-state index contributed by atoms with van der Waals surface area (Å²) < 4.78 is 1.29. The van der Waals surface area contributed by atoms with E-state index in [0.717, 1.165) is 0 Å². The number of benzene rings is 1. The Morgan fingerprint density at radius 2 is 1.89 bits per heavy atom. The van der Waals surface area contributed by atoms with Crippen molar-refractivity contribution in [3.8, 4) is 0 Å². The molecule has 1 aromatic carbocycles. The predicted octanol–water partition coefficient (Wildman–Crippen LogP) is 1.64. The fourth-order valence-electron chi connectivity index (χ4n) is 0.613. The van der Waals surface area contributed by atoms with Gasteiger partial charge in [-0.1, -0.05) is 0 Å². The zero-order chi connectivity index (χ0) is 6.53. The number of thioether (sulfide) groups is 1.